The lowest BCUT2D eigenvalue weighted by Crippen LogP contribution is -2.50. The molecule has 31 heavy (non-hydrogen) atoms. The van der Waals surface area contributed by atoms with Crippen LogP contribution in [0, 0.1) is 0 Å². The molecule has 0 spiro atoms. The summed E-state index contributed by atoms with van der Waals surface area (Å²) in [6.07, 6.45) is -2.04. The van der Waals surface area contributed by atoms with Gasteiger partial charge >= 0.3 is 11.7 Å². The molecule has 1 aliphatic rings. The summed E-state index contributed by atoms with van der Waals surface area (Å²) in [6, 6.07) is 1.20. The van der Waals surface area contributed by atoms with Crippen molar-refractivity contribution in [3.05, 3.63) is 43.5 Å². The van der Waals surface area contributed by atoms with Crippen molar-refractivity contribution in [3.63, 3.8) is 0 Å². The number of azide groups is 1. The first-order chi connectivity index (χ1) is 14.4. The molecule has 1 aliphatic heterocycles. The van der Waals surface area contributed by atoms with Gasteiger partial charge in [0.05, 0.1) is 0 Å². The molecule has 1 aromatic heterocycles. The van der Waals surface area contributed by atoms with E-state index in [1.54, 1.807) is 0 Å². The summed E-state index contributed by atoms with van der Waals surface area (Å²) in [5.41, 5.74) is 7.38. The van der Waals surface area contributed by atoms with E-state index in [1.807, 2.05) is 13.1 Å². The first kappa shape index (κ1) is 24.8. The Bertz CT molecular complexity index is 948. The highest BCUT2D eigenvalue weighted by Gasteiger charge is 2.52. The van der Waals surface area contributed by atoms with Crippen LogP contribution in [-0.2, 0) is 23.4 Å². The second kappa shape index (κ2) is 9.79. The van der Waals surface area contributed by atoms with Crippen LogP contribution in [0.2, 0.25) is 18.1 Å². The summed E-state index contributed by atoms with van der Waals surface area (Å²) in [5, 5.41) is 3.24. The minimum atomic E-state index is -2.40. The zero-order valence-corrected chi connectivity index (χ0v) is 19.5. The molecule has 1 fully saturated rings. The molecule has 13 heteroatoms. The van der Waals surface area contributed by atoms with E-state index in [0.717, 1.165) is 0 Å². The van der Waals surface area contributed by atoms with Crippen LogP contribution in [0.15, 0.2) is 27.0 Å². The molecule has 0 amide bonds. The molecule has 0 bridgehead atoms. The molecule has 0 aliphatic carbocycles. The van der Waals surface area contributed by atoms with E-state index in [4.69, 9.17) is 24.2 Å². The second-order valence-corrected chi connectivity index (χ2v) is 13.5. The molecule has 0 saturated carbocycles. The van der Waals surface area contributed by atoms with Crippen molar-refractivity contribution in [2.75, 3.05) is 13.3 Å². The molecule has 4 atom stereocenters. The van der Waals surface area contributed by atoms with Crippen LogP contribution in [0.25, 0.3) is 10.4 Å². The maximum Gasteiger partial charge on any atom is 0.330 e. The lowest BCUT2D eigenvalue weighted by atomic mass is 10.1. The normalized spacial score (nSPS) is 23.9. The van der Waals surface area contributed by atoms with Gasteiger partial charge in [0.25, 0.3) is 5.56 Å². The summed E-state index contributed by atoms with van der Waals surface area (Å²) < 4.78 is 24.7. The number of aromatic nitrogens is 2. The fraction of sp³-hybridized carbons (Fsp3) is 0.722. The van der Waals surface area contributed by atoms with Crippen LogP contribution >= 0.6 is 0 Å². The van der Waals surface area contributed by atoms with Crippen LogP contribution in [0.5, 0.6) is 0 Å². The van der Waals surface area contributed by atoms with Crippen LogP contribution in [-0.4, -0.2) is 55.5 Å². The molecule has 1 aromatic rings. The largest absolute Gasteiger partial charge is 0.463 e. The van der Waals surface area contributed by atoms with Gasteiger partial charge in [0, 0.05) is 24.1 Å². The highest BCUT2D eigenvalue weighted by Crippen LogP contribution is 2.42. The fourth-order valence-electron chi connectivity index (χ4n) is 2.88. The van der Waals surface area contributed by atoms with E-state index in [2.05, 4.69) is 35.8 Å². The molecule has 0 unspecified atom stereocenters. The minimum absolute atomic E-state index is 0.151. The van der Waals surface area contributed by atoms with E-state index < -0.39 is 50.1 Å². The van der Waals surface area contributed by atoms with Gasteiger partial charge in [-0.2, -0.15) is 0 Å². The molecular weight excluding hydrogens is 426 g/mol. The highest BCUT2D eigenvalue weighted by molar-refractivity contribution is 6.74. The maximum absolute atomic E-state index is 12.5. The lowest BCUT2D eigenvalue weighted by Gasteiger charge is -2.40. The quantitative estimate of drug-likeness (QED) is 0.206. The van der Waals surface area contributed by atoms with Crippen LogP contribution in [0.3, 0.4) is 0 Å². The molecule has 2 rings (SSSR count). The number of esters is 1. The van der Waals surface area contributed by atoms with E-state index >= 15 is 0 Å². The van der Waals surface area contributed by atoms with Gasteiger partial charge in [-0.05, 0) is 23.7 Å². The third-order valence-corrected chi connectivity index (χ3v) is 9.96. The summed E-state index contributed by atoms with van der Waals surface area (Å²) in [4.78, 5) is 40.2. The van der Waals surface area contributed by atoms with Gasteiger partial charge in [-0.3, -0.25) is 19.1 Å². The summed E-state index contributed by atoms with van der Waals surface area (Å²) in [7, 11) is -2.40. The number of carbonyl (C=O) groups is 1. The number of nitrogens with one attached hydrogen (secondary N) is 1. The fourth-order valence-corrected chi connectivity index (χ4v) is 4.17. The third kappa shape index (κ3) is 6.05. The van der Waals surface area contributed by atoms with Crippen molar-refractivity contribution < 1.29 is 23.4 Å². The number of hydrogen-bond donors (Lipinski definition) is 1. The van der Waals surface area contributed by atoms with E-state index in [9.17, 15) is 14.4 Å². The van der Waals surface area contributed by atoms with Gasteiger partial charge in [0.1, 0.15) is 31.6 Å². The molecule has 12 nitrogen and oxygen atoms in total. The van der Waals surface area contributed by atoms with Crippen molar-refractivity contribution in [3.8, 4) is 0 Å². The van der Waals surface area contributed by atoms with Crippen LogP contribution in [0.1, 0.15) is 33.9 Å². The average Bonchev–Trinajstić information content (AvgIpc) is 2.96. The first-order valence-electron chi connectivity index (χ1n) is 9.78. The number of hydrogen-bond acceptors (Lipinski definition) is 8. The van der Waals surface area contributed by atoms with Gasteiger partial charge in [0.15, 0.2) is 14.5 Å². The SMILES string of the molecule is CC(=O)OC[C@H]1O[C@@H](n2ccc(=O)[nH]c2=O)[C@H](O[Si](C)(C)C(C)(C)C)[C@@H]1OCN=[N+]=[N-]. The van der Waals surface area contributed by atoms with Gasteiger partial charge in [-0.25, -0.2) is 4.79 Å². The Hall–Kier alpha value is -2.44. The number of nitrogens with zero attached hydrogens (tertiary/aromatic N) is 4. The number of H-pyrrole nitrogens is 1. The first-order valence-corrected chi connectivity index (χ1v) is 12.7. The Balaban J connectivity index is 2.50. The maximum atomic E-state index is 12.5. The van der Waals surface area contributed by atoms with Crippen molar-refractivity contribution in [2.24, 2.45) is 5.11 Å². The minimum Gasteiger partial charge on any atom is -0.463 e. The van der Waals surface area contributed by atoms with Crippen molar-refractivity contribution in [2.45, 2.75) is 70.4 Å². The Labute approximate surface area is 180 Å². The molecule has 0 aromatic carbocycles. The number of rotatable bonds is 8. The number of ether oxygens (including phenoxy) is 3. The monoisotopic (exact) mass is 455 g/mol. The summed E-state index contributed by atoms with van der Waals surface area (Å²) in [5.74, 6) is -0.510. The zero-order chi connectivity index (χ0) is 23.4. The molecule has 2 heterocycles. The summed E-state index contributed by atoms with van der Waals surface area (Å²) >= 11 is 0. The molecule has 172 valence electrons. The Morgan fingerprint density at radius 2 is 2.03 bits per heavy atom. The van der Waals surface area contributed by atoms with Gasteiger partial charge < -0.3 is 18.6 Å². The van der Waals surface area contributed by atoms with Crippen molar-refractivity contribution in [1.82, 2.24) is 9.55 Å². The smallest absolute Gasteiger partial charge is 0.330 e. The molecule has 1 saturated heterocycles. The Morgan fingerprint density at radius 1 is 1.35 bits per heavy atom. The molecule has 0 radical (unpaired) electrons. The van der Waals surface area contributed by atoms with E-state index in [0.29, 0.717) is 0 Å². The summed E-state index contributed by atoms with van der Waals surface area (Å²) in [6.45, 7) is 11.0. The van der Waals surface area contributed by atoms with E-state index in [1.165, 1.54) is 23.8 Å². The van der Waals surface area contributed by atoms with E-state index in [-0.39, 0.29) is 18.4 Å². The van der Waals surface area contributed by atoms with Gasteiger partial charge in [0.2, 0.25) is 0 Å². The third-order valence-electron chi connectivity index (χ3n) is 5.49. The zero-order valence-electron chi connectivity index (χ0n) is 18.5. The molecular formula is C18H29N5O7Si. The number of carbonyl (C=O) groups excluding carboxylic acids is 1. The van der Waals surface area contributed by atoms with Gasteiger partial charge in [-0.1, -0.05) is 25.9 Å². The van der Waals surface area contributed by atoms with Crippen molar-refractivity contribution in [1.29, 1.82) is 0 Å². The second-order valence-electron chi connectivity index (χ2n) is 8.72. The lowest BCUT2D eigenvalue weighted by molar-refractivity contribution is -0.148. The average molecular weight is 456 g/mol. The Morgan fingerprint density at radius 3 is 2.58 bits per heavy atom. The molecule has 1 N–H and O–H groups in total. The predicted molar refractivity (Wildman–Crippen MR) is 113 cm³/mol. The van der Waals surface area contributed by atoms with Crippen LogP contribution in [0.4, 0.5) is 0 Å². The highest BCUT2D eigenvalue weighted by atomic mass is 28.4. The number of aromatic amines is 1. The van der Waals surface area contributed by atoms with Gasteiger partial charge in [-0.15, -0.1) is 0 Å². The van der Waals surface area contributed by atoms with Crippen molar-refractivity contribution >= 4 is 14.3 Å². The Kier molecular flexibility index (Phi) is 7.84. The standard InChI is InChI=1S/C18H29N5O7Si/c1-11(24)27-9-12-14(28-10-20-22-19)15(30-31(5,6)18(2,3)4)16(29-12)23-8-7-13(25)21-17(23)26/h7-8,12,14-16H,9-10H2,1-6H3,(H,21,25,26)/t12-,14-,15-,16-/m1/s1. The topological polar surface area (TPSA) is 158 Å². The predicted octanol–water partition coefficient (Wildman–Crippen LogP) is 2.04. The van der Waals surface area contributed by atoms with Crippen LogP contribution < -0.4 is 11.2 Å².